The summed E-state index contributed by atoms with van der Waals surface area (Å²) in [5, 5.41) is 7.83. The molecule has 0 aliphatic rings. The van der Waals surface area contributed by atoms with Crippen LogP contribution in [0, 0.1) is 6.92 Å². The van der Waals surface area contributed by atoms with Crippen LogP contribution in [0.4, 0.5) is 5.69 Å². The lowest BCUT2D eigenvalue weighted by Gasteiger charge is -2.14. The van der Waals surface area contributed by atoms with E-state index in [4.69, 9.17) is 40.2 Å². The minimum Gasteiger partial charge on any atom is -0.462 e. The van der Waals surface area contributed by atoms with Gasteiger partial charge in [-0.3, -0.25) is 0 Å². The van der Waals surface area contributed by atoms with Crippen molar-refractivity contribution < 1.29 is 9.53 Å². The summed E-state index contributed by atoms with van der Waals surface area (Å²) in [6.45, 7) is 4.49. The molecule has 7 heteroatoms. The Morgan fingerprint density at radius 1 is 1.20 bits per heavy atom. The largest absolute Gasteiger partial charge is 0.462 e. The van der Waals surface area contributed by atoms with E-state index in [0.29, 0.717) is 33.9 Å². The number of benzene rings is 2. The van der Waals surface area contributed by atoms with Gasteiger partial charge in [-0.15, -0.1) is 0 Å². The Labute approximate surface area is 162 Å². The molecule has 0 radical (unpaired) electrons. The lowest BCUT2D eigenvalue weighted by Crippen LogP contribution is -2.28. The summed E-state index contributed by atoms with van der Waals surface area (Å²) in [6.07, 6.45) is 0. The third-order valence-electron chi connectivity index (χ3n) is 3.44. The van der Waals surface area contributed by atoms with E-state index in [9.17, 15) is 4.79 Å². The Bertz CT molecular complexity index is 797. The van der Waals surface area contributed by atoms with Crippen molar-refractivity contribution in [1.82, 2.24) is 5.32 Å². The summed E-state index contributed by atoms with van der Waals surface area (Å²) < 4.78 is 4.99. The first-order valence-corrected chi connectivity index (χ1v) is 8.83. The molecule has 2 aromatic carbocycles. The smallest absolute Gasteiger partial charge is 0.338 e. The summed E-state index contributed by atoms with van der Waals surface area (Å²) in [4.78, 5) is 11.7. The molecule has 0 atom stereocenters. The first-order chi connectivity index (χ1) is 11.9. The molecule has 0 saturated carbocycles. The Morgan fingerprint density at radius 3 is 2.60 bits per heavy atom. The van der Waals surface area contributed by atoms with Crippen molar-refractivity contribution in [2.24, 2.45) is 0 Å². The second kappa shape index (κ2) is 9.04. The van der Waals surface area contributed by atoms with Crippen molar-refractivity contribution in [2.45, 2.75) is 20.4 Å². The van der Waals surface area contributed by atoms with Gasteiger partial charge in [0.05, 0.1) is 12.2 Å². The van der Waals surface area contributed by atoms with Crippen LogP contribution in [0.3, 0.4) is 0 Å². The maximum Gasteiger partial charge on any atom is 0.338 e. The summed E-state index contributed by atoms with van der Waals surface area (Å²) in [5.74, 6) is -0.338. The predicted octanol–water partition coefficient (Wildman–Crippen LogP) is 4.97. The molecule has 0 fully saturated rings. The van der Waals surface area contributed by atoms with Gasteiger partial charge in [-0.2, -0.15) is 0 Å². The monoisotopic (exact) mass is 396 g/mol. The van der Waals surface area contributed by atoms with E-state index in [1.165, 1.54) is 0 Å². The summed E-state index contributed by atoms with van der Waals surface area (Å²) >= 11 is 17.3. The number of halogens is 2. The van der Waals surface area contributed by atoms with Crippen LogP contribution in [0.2, 0.25) is 10.0 Å². The zero-order valence-electron chi connectivity index (χ0n) is 13.9. The minimum atomic E-state index is -0.338. The second-order valence-electron chi connectivity index (χ2n) is 5.29. The first-order valence-electron chi connectivity index (χ1n) is 7.67. The zero-order valence-corrected chi connectivity index (χ0v) is 16.2. The molecule has 2 N–H and O–H groups in total. The van der Waals surface area contributed by atoms with Crippen molar-refractivity contribution >= 4 is 52.2 Å². The molecule has 4 nitrogen and oxygen atoms in total. The predicted molar refractivity (Wildman–Crippen MR) is 107 cm³/mol. The van der Waals surface area contributed by atoms with Crippen LogP contribution < -0.4 is 10.6 Å². The fourth-order valence-corrected chi connectivity index (χ4v) is 2.81. The van der Waals surface area contributed by atoms with Crippen LogP contribution in [0.1, 0.15) is 28.4 Å². The van der Waals surface area contributed by atoms with Gasteiger partial charge >= 0.3 is 5.97 Å². The average molecular weight is 397 g/mol. The van der Waals surface area contributed by atoms with Gasteiger partial charge < -0.3 is 15.4 Å². The Kier molecular flexibility index (Phi) is 7.05. The maximum atomic E-state index is 11.7. The Hall–Kier alpha value is -1.82. The van der Waals surface area contributed by atoms with Crippen LogP contribution in [0.15, 0.2) is 36.4 Å². The number of nitrogens with one attached hydrogen (secondary N) is 2. The van der Waals surface area contributed by atoms with Crippen LogP contribution in [-0.2, 0) is 11.3 Å². The van der Waals surface area contributed by atoms with Crippen molar-refractivity contribution in [2.75, 3.05) is 11.9 Å². The molecule has 0 spiro atoms. The number of aryl methyl sites for hydroxylation is 1. The maximum absolute atomic E-state index is 11.7. The van der Waals surface area contributed by atoms with Gasteiger partial charge in [0, 0.05) is 22.3 Å². The molecule has 132 valence electrons. The molecule has 25 heavy (non-hydrogen) atoms. The SMILES string of the molecule is CCOC(=O)c1ccc(NC(=S)NCc2ccc(Cl)cc2Cl)c(C)c1. The van der Waals surface area contributed by atoms with Gasteiger partial charge in [0.15, 0.2) is 5.11 Å². The van der Waals surface area contributed by atoms with E-state index < -0.39 is 0 Å². The number of rotatable bonds is 5. The number of ether oxygens (including phenoxy) is 1. The van der Waals surface area contributed by atoms with E-state index in [-0.39, 0.29) is 5.97 Å². The number of hydrogen-bond acceptors (Lipinski definition) is 3. The van der Waals surface area contributed by atoms with Crippen LogP contribution in [0.25, 0.3) is 0 Å². The molecule has 2 rings (SSSR count). The highest BCUT2D eigenvalue weighted by molar-refractivity contribution is 7.80. The van der Waals surface area contributed by atoms with E-state index >= 15 is 0 Å². The van der Waals surface area contributed by atoms with E-state index in [1.54, 1.807) is 37.3 Å². The van der Waals surface area contributed by atoms with Gasteiger partial charge in [-0.05, 0) is 67.5 Å². The topological polar surface area (TPSA) is 50.4 Å². The van der Waals surface area contributed by atoms with Gasteiger partial charge in [-0.25, -0.2) is 4.79 Å². The fraction of sp³-hybridized carbons (Fsp3) is 0.222. The van der Waals surface area contributed by atoms with E-state index in [2.05, 4.69) is 10.6 Å². The summed E-state index contributed by atoms with van der Waals surface area (Å²) in [7, 11) is 0. The highest BCUT2D eigenvalue weighted by Crippen LogP contribution is 2.21. The lowest BCUT2D eigenvalue weighted by molar-refractivity contribution is 0.0526. The first kappa shape index (κ1) is 19.5. The Morgan fingerprint density at radius 2 is 1.96 bits per heavy atom. The van der Waals surface area contributed by atoms with Crippen LogP contribution in [-0.4, -0.2) is 17.7 Å². The van der Waals surface area contributed by atoms with E-state index in [1.807, 2.05) is 13.0 Å². The highest BCUT2D eigenvalue weighted by Gasteiger charge is 2.09. The molecule has 0 aliphatic carbocycles. The van der Waals surface area contributed by atoms with Crippen molar-refractivity contribution in [3.05, 3.63) is 63.1 Å². The molecule has 0 amide bonds. The molecular formula is C18H18Cl2N2O2S. The van der Waals surface area contributed by atoms with Crippen molar-refractivity contribution in [1.29, 1.82) is 0 Å². The quantitative estimate of drug-likeness (QED) is 0.552. The summed E-state index contributed by atoms with van der Waals surface area (Å²) in [5.41, 5.74) is 3.10. The fourth-order valence-electron chi connectivity index (χ4n) is 2.15. The molecule has 0 unspecified atom stereocenters. The minimum absolute atomic E-state index is 0.338. The highest BCUT2D eigenvalue weighted by atomic mass is 35.5. The van der Waals surface area contributed by atoms with E-state index in [0.717, 1.165) is 16.8 Å². The third kappa shape index (κ3) is 5.59. The lowest BCUT2D eigenvalue weighted by atomic mass is 10.1. The second-order valence-corrected chi connectivity index (χ2v) is 6.55. The number of hydrogen-bond donors (Lipinski definition) is 2. The molecule has 0 aromatic heterocycles. The number of carbonyl (C=O) groups excluding carboxylic acids is 1. The zero-order chi connectivity index (χ0) is 18.4. The van der Waals surface area contributed by atoms with Gasteiger partial charge in [0.2, 0.25) is 0 Å². The molecule has 0 aliphatic heterocycles. The van der Waals surface area contributed by atoms with Crippen LogP contribution >= 0.6 is 35.4 Å². The van der Waals surface area contributed by atoms with Crippen molar-refractivity contribution in [3.8, 4) is 0 Å². The average Bonchev–Trinajstić information content (AvgIpc) is 2.56. The van der Waals surface area contributed by atoms with Gasteiger partial charge in [0.25, 0.3) is 0 Å². The normalized spacial score (nSPS) is 10.2. The molecule has 0 saturated heterocycles. The molecule has 2 aromatic rings. The molecule has 0 heterocycles. The summed E-state index contributed by atoms with van der Waals surface area (Å²) in [6, 6.07) is 10.6. The van der Waals surface area contributed by atoms with Crippen LogP contribution in [0.5, 0.6) is 0 Å². The Balaban J connectivity index is 1.97. The van der Waals surface area contributed by atoms with Crippen molar-refractivity contribution in [3.63, 3.8) is 0 Å². The standard InChI is InChI=1S/C18H18Cl2N2O2S/c1-3-24-17(23)12-5-7-16(11(2)8-12)22-18(25)21-10-13-4-6-14(19)9-15(13)20/h4-9H,3,10H2,1-2H3,(H2,21,22,25). The number of thiocarbonyl (C=S) groups is 1. The number of carbonyl (C=O) groups is 1. The number of anilines is 1. The van der Waals surface area contributed by atoms with Gasteiger partial charge in [-0.1, -0.05) is 29.3 Å². The van der Waals surface area contributed by atoms with Gasteiger partial charge in [0.1, 0.15) is 0 Å². The number of esters is 1. The third-order valence-corrected chi connectivity index (χ3v) is 4.27. The molecular weight excluding hydrogens is 379 g/mol. The molecule has 0 bridgehead atoms.